The summed E-state index contributed by atoms with van der Waals surface area (Å²) in [5.74, 6) is -1.07. The number of hydrogen-bond acceptors (Lipinski definition) is 4. The third-order valence-corrected chi connectivity index (χ3v) is 3.46. The van der Waals surface area contributed by atoms with Crippen LogP contribution in [-0.2, 0) is 14.3 Å². The summed E-state index contributed by atoms with van der Waals surface area (Å²) >= 11 is 0. The lowest BCUT2D eigenvalue weighted by atomic mass is 9.84. The van der Waals surface area contributed by atoms with Gasteiger partial charge in [-0.25, -0.2) is 0 Å². The molecule has 1 aliphatic heterocycles. The van der Waals surface area contributed by atoms with Gasteiger partial charge in [-0.05, 0) is 12.8 Å². The fourth-order valence-electron chi connectivity index (χ4n) is 2.16. The number of rotatable bonds is 5. The summed E-state index contributed by atoms with van der Waals surface area (Å²) in [5.41, 5.74) is 4.85. The Morgan fingerprint density at radius 2 is 2.24 bits per heavy atom. The van der Waals surface area contributed by atoms with Crippen molar-refractivity contribution >= 4 is 11.9 Å². The number of carboxylic acids is 1. The van der Waals surface area contributed by atoms with Gasteiger partial charge in [0.25, 0.3) is 0 Å². The van der Waals surface area contributed by atoms with E-state index in [2.05, 4.69) is 0 Å². The molecular formula is C11H20N2O4. The number of carbonyl (C=O) groups is 2. The monoisotopic (exact) mass is 244 g/mol. The maximum absolute atomic E-state index is 11.9. The van der Waals surface area contributed by atoms with E-state index in [9.17, 15) is 14.7 Å². The van der Waals surface area contributed by atoms with Crippen molar-refractivity contribution in [1.82, 2.24) is 4.90 Å². The molecule has 0 aliphatic carbocycles. The summed E-state index contributed by atoms with van der Waals surface area (Å²) in [5, 5.41) is 9.21. The molecule has 6 nitrogen and oxygen atoms in total. The van der Waals surface area contributed by atoms with E-state index in [0.717, 1.165) is 0 Å². The first kappa shape index (κ1) is 13.9. The van der Waals surface area contributed by atoms with Gasteiger partial charge in [-0.3, -0.25) is 9.59 Å². The fraction of sp³-hybridized carbons (Fsp3) is 0.818. The Labute approximate surface area is 101 Å². The average Bonchev–Trinajstić information content (AvgIpc) is 2.74. The molecule has 0 aromatic heterocycles. The summed E-state index contributed by atoms with van der Waals surface area (Å²) in [4.78, 5) is 24.6. The molecule has 2 unspecified atom stereocenters. The molecule has 2 atom stereocenters. The number of hydrogen-bond donors (Lipinski definition) is 2. The van der Waals surface area contributed by atoms with Gasteiger partial charge in [0.1, 0.15) is 6.04 Å². The molecule has 1 fully saturated rings. The second-order valence-corrected chi connectivity index (χ2v) is 4.51. The number of carboxylic acid groups (broad SMARTS) is 1. The third kappa shape index (κ3) is 2.76. The minimum Gasteiger partial charge on any atom is -0.481 e. The molecule has 1 saturated heterocycles. The van der Waals surface area contributed by atoms with Gasteiger partial charge in [-0.2, -0.15) is 0 Å². The van der Waals surface area contributed by atoms with E-state index >= 15 is 0 Å². The maximum Gasteiger partial charge on any atom is 0.311 e. The first-order chi connectivity index (χ1) is 7.96. The Hall–Kier alpha value is -1.14. The van der Waals surface area contributed by atoms with Crippen LogP contribution in [0.15, 0.2) is 0 Å². The SMILES string of the molecule is CCC1(C(=O)O)CCN(C(=O)C(N)COC)C1. The lowest BCUT2D eigenvalue weighted by molar-refractivity contribution is -0.148. The van der Waals surface area contributed by atoms with Crippen molar-refractivity contribution < 1.29 is 19.4 Å². The highest BCUT2D eigenvalue weighted by molar-refractivity contribution is 5.84. The molecular weight excluding hydrogens is 224 g/mol. The molecule has 0 radical (unpaired) electrons. The number of methoxy groups -OCH3 is 1. The van der Waals surface area contributed by atoms with Crippen molar-refractivity contribution in [2.24, 2.45) is 11.1 Å². The largest absolute Gasteiger partial charge is 0.481 e. The number of aliphatic carboxylic acids is 1. The highest BCUT2D eigenvalue weighted by Crippen LogP contribution is 2.34. The van der Waals surface area contributed by atoms with E-state index in [1.807, 2.05) is 6.92 Å². The first-order valence-corrected chi connectivity index (χ1v) is 5.73. The van der Waals surface area contributed by atoms with E-state index in [1.54, 1.807) is 0 Å². The highest BCUT2D eigenvalue weighted by Gasteiger charge is 2.45. The summed E-state index contributed by atoms with van der Waals surface area (Å²) in [6.45, 7) is 2.68. The molecule has 0 bridgehead atoms. The van der Waals surface area contributed by atoms with Crippen molar-refractivity contribution in [3.63, 3.8) is 0 Å². The van der Waals surface area contributed by atoms with E-state index < -0.39 is 17.4 Å². The topological polar surface area (TPSA) is 92.9 Å². The van der Waals surface area contributed by atoms with E-state index in [1.165, 1.54) is 12.0 Å². The number of nitrogens with two attached hydrogens (primary N) is 1. The zero-order valence-electron chi connectivity index (χ0n) is 10.3. The van der Waals surface area contributed by atoms with Gasteiger partial charge in [-0.15, -0.1) is 0 Å². The minimum atomic E-state index is -0.837. The molecule has 1 aliphatic rings. The number of carbonyl (C=O) groups excluding carboxylic acids is 1. The molecule has 17 heavy (non-hydrogen) atoms. The van der Waals surface area contributed by atoms with E-state index in [4.69, 9.17) is 10.5 Å². The second-order valence-electron chi connectivity index (χ2n) is 4.51. The maximum atomic E-state index is 11.9. The van der Waals surface area contributed by atoms with Crippen LogP contribution in [0, 0.1) is 5.41 Å². The zero-order valence-corrected chi connectivity index (χ0v) is 10.3. The Balaban J connectivity index is 2.66. The molecule has 1 rings (SSSR count). The van der Waals surface area contributed by atoms with E-state index in [-0.39, 0.29) is 19.1 Å². The van der Waals surface area contributed by atoms with E-state index in [0.29, 0.717) is 19.4 Å². The van der Waals surface area contributed by atoms with Crippen molar-refractivity contribution in [2.45, 2.75) is 25.8 Å². The van der Waals surface area contributed by atoms with Crippen LogP contribution in [0.25, 0.3) is 0 Å². The average molecular weight is 244 g/mol. The third-order valence-electron chi connectivity index (χ3n) is 3.46. The normalized spacial score (nSPS) is 25.9. The van der Waals surface area contributed by atoms with Crippen LogP contribution in [0.3, 0.4) is 0 Å². The first-order valence-electron chi connectivity index (χ1n) is 5.73. The van der Waals surface area contributed by atoms with Crippen molar-refractivity contribution in [2.75, 3.05) is 26.8 Å². The summed E-state index contributed by atoms with van der Waals surface area (Å²) in [6.07, 6.45) is 1.01. The Bertz CT molecular complexity index is 308. The molecule has 1 heterocycles. The van der Waals surface area contributed by atoms with Crippen LogP contribution in [0.2, 0.25) is 0 Å². The molecule has 98 valence electrons. The summed E-state index contributed by atoms with van der Waals surface area (Å²) in [7, 11) is 1.48. The smallest absolute Gasteiger partial charge is 0.311 e. The Morgan fingerprint density at radius 1 is 1.59 bits per heavy atom. The quantitative estimate of drug-likeness (QED) is 0.691. The van der Waals surface area contributed by atoms with Crippen molar-refractivity contribution in [3.8, 4) is 0 Å². The number of likely N-dealkylation sites (tertiary alicyclic amines) is 1. The predicted octanol–water partition coefficient (Wildman–Crippen LogP) is -0.327. The van der Waals surface area contributed by atoms with Gasteiger partial charge in [-0.1, -0.05) is 6.92 Å². The van der Waals surface area contributed by atoms with Crippen LogP contribution in [0.1, 0.15) is 19.8 Å². The molecule has 0 aromatic rings. The van der Waals surface area contributed by atoms with Crippen LogP contribution in [0.4, 0.5) is 0 Å². The summed E-state index contributed by atoms with van der Waals surface area (Å²) < 4.78 is 4.82. The van der Waals surface area contributed by atoms with Crippen LogP contribution in [-0.4, -0.2) is 54.7 Å². The van der Waals surface area contributed by atoms with Gasteiger partial charge < -0.3 is 20.5 Å². The lowest BCUT2D eigenvalue weighted by Gasteiger charge is -2.24. The predicted molar refractivity (Wildman–Crippen MR) is 61.4 cm³/mol. The van der Waals surface area contributed by atoms with Gasteiger partial charge in [0.2, 0.25) is 5.91 Å². The van der Waals surface area contributed by atoms with Crippen LogP contribution >= 0.6 is 0 Å². The van der Waals surface area contributed by atoms with Crippen molar-refractivity contribution in [1.29, 1.82) is 0 Å². The van der Waals surface area contributed by atoms with Crippen molar-refractivity contribution in [3.05, 3.63) is 0 Å². The molecule has 6 heteroatoms. The van der Waals surface area contributed by atoms with Crippen LogP contribution < -0.4 is 5.73 Å². The standard InChI is InChI=1S/C11H20N2O4/c1-3-11(10(15)16)4-5-13(7-11)9(14)8(12)6-17-2/h8H,3-7,12H2,1-2H3,(H,15,16). The second kappa shape index (κ2) is 5.46. The number of nitrogens with zero attached hydrogens (tertiary/aromatic N) is 1. The molecule has 1 amide bonds. The van der Waals surface area contributed by atoms with Crippen LogP contribution in [0.5, 0.6) is 0 Å². The zero-order chi connectivity index (χ0) is 13.1. The Kier molecular flexibility index (Phi) is 4.47. The van der Waals surface area contributed by atoms with Gasteiger partial charge in [0, 0.05) is 20.2 Å². The minimum absolute atomic E-state index is 0.154. The molecule has 0 aromatic carbocycles. The van der Waals surface area contributed by atoms with Gasteiger partial charge >= 0.3 is 5.97 Å². The fourth-order valence-corrected chi connectivity index (χ4v) is 2.16. The lowest BCUT2D eigenvalue weighted by Crippen LogP contribution is -2.46. The Morgan fingerprint density at radius 3 is 2.65 bits per heavy atom. The highest BCUT2D eigenvalue weighted by atomic mass is 16.5. The molecule has 3 N–H and O–H groups in total. The van der Waals surface area contributed by atoms with Gasteiger partial charge in [0.05, 0.1) is 12.0 Å². The molecule has 0 spiro atoms. The summed E-state index contributed by atoms with van der Waals surface area (Å²) in [6, 6.07) is -0.707. The molecule has 0 saturated carbocycles. The number of ether oxygens (including phenoxy) is 1. The van der Waals surface area contributed by atoms with Gasteiger partial charge in [0.15, 0.2) is 0 Å². The number of amides is 1.